The molecule has 0 radical (unpaired) electrons. The number of esters is 1. The van der Waals surface area contributed by atoms with E-state index in [-0.39, 0.29) is 23.5 Å². The number of pyridine rings is 1. The van der Waals surface area contributed by atoms with Gasteiger partial charge in [0.15, 0.2) is 0 Å². The van der Waals surface area contributed by atoms with Gasteiger partial charge in [-0.05, 0) is 32.4 Å². The summed E-state index contributed by atoms with van der Waals surface area (Å²) in [4.78, 5) is 35.1. The Bertz CT molecular complexity index is 839. The lowest BCUT2D eigenvalue weighted by atomic mass is 10.1. The van der Waals surface area contributed by atoms with Gasteiger partial charge >= 0.3 is 5.97 Å². The van der Waals surface area contributed by atoms with Crippen LogP contribution in [-0.4, -0.2) is 22.1 Å². The molecule has 7 heteroatoms. The second-order valence-corrected chi connectivity index (χ2v) is 4.93. The molecule has 1 aromatic heterocycles. The normalized spacial score (nSPS) is 10.4. The average molecular weight is 316 g/mol. The number of carbonyl (C=O) groups is 1. The number of hydrogen-bond acceptors (Lipinski definition) is 5. The Morgan fingerprint density at radius 3 is 2.57 bits per heavy atom. The van der Waals surface area contributed by atoms with Crippen LogP contribution in [0.3, 0.4) is 0 Å². The average Bonchev–Trinajstić information content (AvgIpc) is 2.47. The summed E-state index contributed by atoms with van der Waals surface area (Å²) in [7, 11) is 0. The molecule has 0 saturated carbocycles. The number of nitro groups is 1. The number of rotatable bonds is 4. The molecule has 0 bridgehead atoms. The van der Waals surface area contributed by atoms with E-state index in [4.69, 9.17) is 4.74 Å². The minimum absolute atomic E-state index is 0.116. The predicted octanol–water partition coefficient (Wildman–Crippen LogP) is 2.54. The minimum Gasteiger partial charge on any atom is -0.462 e. The van der Waals surface area contributed by atoms with Gasteiger partial charge in [-0.1, -0.05) is 12.1 Å². The van der Waals surface area contributed by atoms with E-state index >= 15 is 0 Å². The number of carbonyl (C=O) groups excluding carboxylic acids is 1. The summed E-state index contributed by atoms with van der Waals surface area (Å²) in [5.41, 5.74) is 0.484. The number of para-hydroxylation sites is 2. The predicted molar refractivity (Wildman–Crippen MR) is 84.1 cm³/mol. The van der Waals surface area contributed by atoms with Crippen LogP contribution in [-0.2, 0) is 4.74 Å². The van der Waals surface area contributed by atoms with Gasteiger partial charge in [-0.15, -0.1) is 0 Å². The molecule has 0 N–H and O–H groups in total. The lowest BCUT2D eigenvalue weighted by Gasteiger charge is -2.15. The fraction of sp³-hybridized carbons (Fsp3) is 0.250. The molecule has 0 fully saturated rings. The van der Waals surface area contributed by atoms with Crippen molar-refractivity contribution in [1.82, 2.24) is 4.57 Å². The van der Waals surface area contributed by atoms with Crippen molar-refractivity contribution in [2.24, 2.45) is 0 Å². The van der Waals surface area contributed by atoms with E-state index < -0.39 is 16.5 Å². The zero-order valence-electron chi connectivity index (χ0n) is 13.0. The Hall–Kier alpha value is -2.96. The highest BCUT2D eigenvalue weighted by Gasteiger charge is 2.22. The molecule has 0 aliphatic heterocycles. The van der Waals surface area contributed by atoms with Gasteiger partial charge < -0.3 is 4.74 Å². The molecule has 0 spiro atoms. The van der Waals surface area contributed by atoms with Crippen LogP contribution in [0.25, 0.3) is 5.69 Å². The Labute approximate surface area is 132 Å². The van der Waals surface area contributed by atoms with E-state index in [1.165, 1.54) is 24.3 Å². The molecule has 0 amide bonds. The lowest BCUT2D eigenvalue weighted by Crippen LogP contribution is -2.25. The van der Waals surface area contributed by atoms with Gasteiger partial charge in [0.2, 0.25) is 0 Å². The van der Waals surface area contributed by atoms with E-state index in [9.17, 15) is 19.7 Å². The number of hydrogen-bond donors (Lipinski definition) is 0. The zero-order valence-corrected chi connectivity index (χ0v) is 13.0. The molecular formula is C16H16N2O5. The lowest BCUT2D eigenvalue weighted by molar-refractivity contribution is -0.384. The molecule has 2 aromatic rings. The summed E-state index contributed by atoms with van der Waals surface area (Å²) in [5, 5.41) is 11.2. The van der Waals surface area contributed by atoms with Crippen molar-refractivity contribution in [2.75, 3.05) is 6.61 Å². The molecular weight excluding hydrogens is 300 g/mol. The summed E-state index contributed by atoms with van der Waals surface area (Å²) in [6.07, 6.45) is 0. The van der Waals surface area contributed by atoms with Crippen molar-refractivity contribution in [3.63, 3.8) is 0 Å². The van der Waals surface area contributed by atoms with Crippen molar-refractivity contribution in [3.05, 3.63) is 67.6 Å². The third-order valence-corrected chi connectivity index (χ3v) is 3.45. The summed E-state index contributed by atoms with van der Waals surface area (Å²) >= 11 is 0. The highest BCUT2D eigenvalue weighted by Crippen LogP contribution is 2.24. The van der Waals surface area contributed by atoms with Crippen LogP contribution in [0, 0.1) is 24.0 Å². The van der Waals surface area contributed by atoms with Gasteiger partial charge in [0.05, 0.1) is 17.1 Å². The maximum atomic E-state index is 12.4. The van der Waals surface area contributed by atoms with E-state index in [1.807, 2.05) is 0 Å². The van der Waals surface area contributed by atoms with Crippen LogP contribution in [0.1, 0.15) is 28.5 Å². The Morgan fingerprint density at radius 2 is 1.96 bits per heavy atom. The smallest absolute Gasteiger partial charge is 0.340 e. The minimum atomic E-state index is -0.564. The van der Waals surface area contributed by atoms with Crippen molar-refractivity contribution in [2.45, 2.75) is 20.8 Å². The van der Waals surface area contributed by atoms with E-state index in [0.717, 1.165) is 4.57 Å². The first-order chi connectivity index (χ1) is 10.9. The first-order valence-electron chi connectivity index (χ1n) is 7.02. The second-order valence-electron chi connectivity index (χ2n) is 4.93. The maximum Gasteiger partial charge on any atom is 0.340 e. The van der Waals surface area contributed by atoms with Crippen LogP contribution < -0.4 is 5.56 Å². The molecule has 0 unspecified atom stereocenters. The number of aryl methyl sites for hydroxylation is 1. The highest BCUT2D eigenvalue weighted by molar-refractivity contribution is 5.92. The topological polar surface area (TPSA) is 91.4 Å². The quantitative estimate of drug-likeness (QED) is 0.491. The highest BCUT2D eigenvalue weighted by atomic mass is 16.6. The van der Waals surface area contributed by atoms with Crippen LogP contribution in [0.4, 0.5) is 5.69 Å². The van der Waals surface area contributed by atoms with Gasteiger partial charge in [0.25, 0.3) is 11.2 Å². The number of ether oxygens (including phenoxy) is 1. The number of nitro benzene ring substituents is 1. The van der Waals surface area contributed by atoms with Crippen LogP contribution in [0.15, 0.2) is 35.1 Å². The largest absolute Gasteiger partial charge is 0.462 e. The Morgan fingerprint density at radius 1 is 1.30 bits per heavy atom. The molecule has 23 heavy (non-hydrogen) atoms. The fourth-order valence-electron chi connectivity index (χ4n) is 2.50. The van der Waals surface area contributed by atoms with Crippen LogP contribution >= 0.6 is 0 Å². The summed E-state index contributed by atoms with van der Waals surface area (Å²) in [6, 6.07) is 7.17. The molecule has 7 nitrogen and oxygen atoms in total. The van der Waals surface area contributed by atoms with Gasteiger partial charge in [0, 0.05) is 17.8 Å². The molecule has 0 aliphatic carbocycles. The van der Waals surface area contributed by atoms with Crippen LogP contribution in [0.2, 0.25) is 0 Å². The second kappa shape index (κ2) is 6.43. The molecule has 120 valence electrons. The molecule has 2 rings (SSSR count). The van der Waals surface area contributed by atoms with Crippen molar-refractivity contribution in [1.29, 1.82) is 0 Å². The van der Waals surface area contributed by atoms with Gasteiger partial charge in [-0.25, -0.2) is 4.79 Å². The number of nitrogens with zero attached hydrogens (tertiary/aromatic N) is 2. The van der Waals surface area contributed by atoms with Gasteiger partial charge in [0.1, 0.15) is 5.69 Å². The van der Waals surface area contributed by atoms with E-state index in [1.54, 1.807) is 26.8 Å². The van der Waals surface area contributed by atoms with Gasteiger partial charge in [-0.2, -0.15) is 0 Å². The summed E-state index contributed by atoms with van der Waals surface area (Å²) in [6.45, 7) is 5.07. The van der Waals surface area contributed by atoms with E-state index in [0.29, 0.717) is 11.3 Å². The van der Waals surface area contributed by atoms with Gasteiger partial charge in [-0.3, -0.25) is 19.5 Å². The zero-order chi connectivity index (χ0) is 17.1. The van der Waals surface area contributed by atoms with E-state index in [2.05, 4.69) is 0 Å². The molecule has 0 atom stereocenters. The Balaban J connectivity index is 2.79. The standard InChI is InChI=1S/C16H16N2O5/c1-4-23-16(20)15-10(2)9-14(19)17(11(15)3)12-7-5-6-8-13(12)18(21)22/h5-9H,4H2,1-3H3. The third-order valence-electron chi connectivity index (χ3n) is 3.45. The third kappa shape index (κ3) is 2.98. The molecule has 1 heterocycles. The first kappa shape index (κ1) is 16.4. The first-order valence-corrected chi connectivity index (χ1v) is 7.02. The Kier molecular flexibility index (Phi) is 4.59. The van der Waals surface area contributed by atoms with Crippen molar-refractivity contribution < 1.29 is 14.5 Å². The molecule has 1 aromatic carbocycles. The SMILES string of the molecule is CCOC(=O)c1c(C)cc(=O)n(-c2ccccc2[N+](=O)[O-])c1C. The number of aromatic nitrogens is 1. The molecule has 0 saturated heterocycles. The maximum absolute atomic E-state index is 12.4. The van der Waals surface area contributed by atoms with Crippen molar-refractivity contribution in [3.8, 4) is 5.69 Å². The van der Waals surface area contributed by atoms with Crippen LogP contribution in [0.5, 0.6) is 0 Å². The summed E-state index contributed by atoms with van der Waals surface area (Å²) in [5.74, 6) is -0.560. The summed E-state index contributed by atoms with van der Waals surface area (Å²) < 4.78 is 6.17. The van der Waals surface area contributed by atoms with Crippen molar-refractivity contribution >= 4 is 11.7 Å². The fourth-order valence-corrected chi connectivity index (χ4v) is 2.50. The molecule has 0 aliphatic rings. The number of benzene rings is 1. The monoisotopic (exact) mass is 316 g/mol.